The molecule has 0 saturated carbocycles. The van der Waals surface area contributed by atoms with Crippen LogP contribution in [-0.2, 0) is 0 Å². The quantitative estimate of drug-likeness (QED) is 0.526. The third-order valence-electron chi connectivity index (χ3n) is 4.13. The molecule has 7 heteroatoms. The number of para-hydroxylation sites is 1. The zero-order valence-corrected chi connectivity index (χ0v) is 14.9. The van der Waals surface area contributed by atoms with E-state index in [1.807, 2.05) is 0 Å². The lowest BCUT2D eigenvalue weighted by Crippen LogP contribution is -2.13. The van der Waals surface area contributed by atoms with Gasteiger partial charge in [0, 0.05) is 5.56 Å². The van der Waals surface area contributed by atoms with Crippen LogP contribution in [0.1, 0.15) is 16.1 Å². The summed E-state index contributed by atoms with van der Waals surface area (Å²) in [5.41, 5.74) is 1.97. The van der Waals surface area contributed by atoms with E-state index in [-0.39, 0.29) is 22.5 Å². The number of pyridine rings is 1. The minimum Gasteiger partial charge on any atom is -0.335 e. The van der Waals surface area contributed by atoms with Crippen LogP contribution in [0.25, 0.3) is 22.4 Å². The third-order valence-corrected chi connectivity index (χ3v) is 4.46. The standard InChI is InChI=1S/C20H13ClFN3O2/c1-11-18-13(19(26)23-16-9-5-3-7-14(16)21)10-17(24-20(18)27-25-11)12-6-2-4-8-15(12)22/h2-10H,1H3,(H,23,26). The summed E-state index contributed by atoms with van der Waals surface area (Å²) in [6.07, 6.45) is 0. The molecule has 0 radical (unpaired) electrons. The average Bonchev–Trinajstić information content (AvgIpc) is 3.04. The fourth-order valence-electron chi connectivity index (χ4n) is 2.83. The van der Waals surface area contributed by atoms with Crippen molar-refractivity contribution >= 4 is 34.3 Å². The van der Waals surface area contributed by atoms with Gasteiger partial charge < -0.3 is 9.84 Å². The molecule has 2 heterocycles. The van der Waals surface area contributed by atoms with Crippen LogP contribution < -0.4 is 5.32 Å². The largest absolute Gasteiger partial charge is 0.335 e. The first-order valence-electron chi connectivity index (χ1n) is 8.12. The van der Waals surface area contributed by atoms with Gasteiger partial charge in [0.25, 0.3) is 11.6 Å². The second-order valence-corrected chi connectivity index (χ2v) is 6.32. The number of hydrogen-bond donors (Lipinski definition) is 1. The van der Waals surface area contributed by atoms with Crippen LogP contribution in [-0.4, -0.2) is 16.0 Å². The van der Waals surface area contributed by atoms with Crippen LogP contribution in [0.2, 0.25) is 5.02 Å². The molecule has 4 rings (SSSR count). The summed E-state index contributed by atoms with van der Waals surface area (Å²) in [5.74, 6) is -0.863. The van der Waals surface area contributed by atoms with E-state index in [0.29, 0.717) is 21.8 Å². The van der Waals surface area contributed by atoms with Crippen LogP contribution in [0.15, 0.2) is 59.1 Å². The Labute approximate surface area is 158 Å². The number of amides is 1. The molecule has 134 valence electrons. The van der Waals surface area contributed by atoms with Crippen molar-refractivity contribution in [2.75, 3.05) is 5.32 Å². The second-order valence-electron chi connectivity index (χ2n) is 5.92. The molecule has 0 atom stereocenters. The van der Waals surface area contributed by atoms with Crippen molar-refractivity contribution in [2.24, 2.45) is 0 Å². The summed E-state index contributed by atoms with van der Waals surface area (Å²) in [6, 6.07) is 14.6. The highest BCUT2D eigenvalue weighted by atomic mass is 35.5. The molecule has 0 aliphatic carbocycles. The van der Waals surface area contributed by atoms with Gasteiger partial charge in [-0.2, -0.15) is 0 Å². The van der Waals surface area contributed by atoms with Gasteiger partial charge in [-0.25, -0.2) is 9.37 Å². The van der Waals surface area contributed by atoms with Crippen LogP contribution in [0.5, 0.6) is 0 Å². The van der Waals surface area contributed by atoms with Gasteiger partial charge in [0.2, 0.25) is 0 Å². The molecule has 0 aliphatic rings. The first-order chi connectivity index (χ1) is 13.0. The van der Waals surface area contributed by atoms with Gasteiger partial charge in [0.1, 0.15) is 5.82 Å². The Morgan fingerprint density at radius 3 is 2.67 bits per heavy atom. The number of anilines is 1. The third kappa shape index (κ3) is 3.15. The molecule has 4 aromatic rings. The lowest BCUT2D eigenvalue weighted by atomic mass is 10.0. The van der Waals surface area contributed by atoms with Gasteiger partial charge in [-0.3, -0.25) is 4.79 Å². The second kappa shape index (κ2) is 6.81. The Morgan fingerprint density at radius 1 is 1.15 bits per heavy atom. The number of aromatic nitrogens is 2. The number of nitrogens with one attached hydrogen (secondary N) is 1. The van der Waals surface area contributed by atoms with Gasteiger partial charge in [0.15, 0.2) is 0 Å². The molecule has 0 unspecified atom stereocenters. The molecule has 0 fully saturated rings. The normalized spacial score (nSPS) is 10.9. The van der Waals surface area contributed by atoms with E-state index in [0.717, 1.165) is 0 Å². The average molecular weight is 382 g/mol. The molecule has 0 bridgehead atoms. The molecule has 0 aliphatic heterocycles. The minimum absolute atomic E-state index is 0.164. The lowest BCUT2D eigenvalue weighted by molar-refractivity contribution is 0.102. The van der Waals surface area contributed by atoms with Crippen LogP contribution in [0.3, 0.4) is 0 Å². The van der Waals surface area contributed by atoms with Gasteiger partial charge in [-0.05, 0) is 37.3 Å². The van der Waals surface area contributed by atoms with Crippen LogP contribution >= 0.6 is 11.6 Å². The fourth-order valence-corrected chi connectivity index (χ4v) is 3.02. The molecule has 27 heavy (non-hydrogen) atoms. The lowest BCUT2D eigenvalue weighted by Gasteiger charge is -2.09. The van der Waals surface area contributed by atoms with Gasteiger partial charge in [0.05, 0.1) is 33.0 Å². The summed E-state index contributed by atoms with van der Waals surface area (Å²) in [6.45, 7) is 1.71. The van der Waals surface area contributed by atoms with Gasteiger partial charge in [-0.1, -0.05) is 41.0 Å². The van der Waals surface area contributed by atoms with E-state index in [4.69, 9.17) is 16.1 Å². The van der Waals surface area contributed by atoms with Crippen molar-refractivity contribution in [3.63, 3.8) is 0 Å². The van der Waals surface area contributed by atoms with Crippen molar-refractivity contribution in [3.8, 4) is 11.3 Å². The van der Waals surface area contributed by atoms with Crippen LogP contribution in [0, 0.1) is 12.7 Å². The molecule has 5 nitrogen and oxygen atoms in total. The molecule has 1 N–H and O–H groups in total. The number of aryl methyl sites for hydroxylation is 1. The van der Waals surface area contributed by atoms with E-state index in [1.165, 1.54) is 12.1 Å². The molecule has 2 aromatic carbocycles. The predicted molar refractivity (Wildman–Crippen MR) is 101 cm³/mol. The number of rotatable bonds is 3. The zero-order chi connectivity index (χ0) is 19.0. The van der Waals surface area contributed by atoms with Gasteiger partial charge >= 0.3 is 0 Å². The highest BCUT2D eigenvalue weighted by Crippen LogP contribution is 2.29. The summed E-state index contributed by atoms with van der Waals surface area (Å²) >= 11 is 6.12. The summed E-state index contributed by atoms with van der Waals surface area (Å²) < 4.78 is 19.4. The first-order valence-corrected chi connectivity index (χ1v) is 8.50. The van der Waals surface area contributed by atoms with Crippen molar-refractivity contribution in [1.29, 1.82) is 0 Å². The molecule has 0 saturated heterocycles. The smallest absolute Gasteiger partial charge is 0.259 e. The number of benzene rings is 2. The topological polar surface area (TPSA) is 68.0 Å². The van der Waals surface area contributed by atoms with E-state index < -0.39 is 11.7 Å². The van der Waals surface area contributed by atoms with Crippen molar-refractivity contribution in [3.05, 3.63) is 76.7 Å². The Morgan fingerprint density at radius 2 is 1.89 bits per heavy atom. The number of hydrogen-bond acceptors (Lipinski definition) is 4. The summed E-state index contributed by atoms with van der Waals surface area (Å²) in [7, 11) is 0. The molecule has 1 amide bonds. The number of carbonyl (C=O) groups excluding carboxylic acids is 1. The Kier molecular flexibility index (Phi) is 4.33. The zero-order valence-electron chi connectivity index (χ0n) is 14.2. The Bertz CT molecular complexity index is 1170. The molecular weight excluding hydrogens is 369 g/mol. The maximum atomic E-state index is 14.2. The first kappa shape index (κ1) is 17.2. The minimum atomic E-state index is -0.446. The Balaban J connectivity index is 1.86. The molecule has 0 spiro atoms. The van der Waals surface area contributed by atoms with E-state index >= 15 is 0 Å². The maximum absolute atomic E-state index is 14.2. The molecular formula is C20H13ClFN3O2. The van der Waals surface area contributed by atoms with E-state index in [9.17, 15) is 9.18 Å². The van der Waals surface area contributed by atoms with E-state index in [2.05, 4.69) is 15.5 Å². The van der Waals surface area contributed by atoms with Gasteiger partial charge in [-0.15, -0.1) is 0 Å². The van der Waals surface area contributed by atoms with Crippen molar-refractivity contribution < 1.29 is 13.7 Å². The summed E-state index contributed by atoms with van der Waals surface area (Å²) in [5, 5.41) is 7.53. The maximum Gasteiger partial charge on any atom is 0.259 e. The van der Waals surface area contributed by atoms with Crippen LogP contribution in [0.4, 0.5) is 10.1 Å². The highest BCUT2D eigenvalue weighted by Gasteiger charge is 2.21. The fraction of sp³-hybridized carbons (Fsp3) is 0.0500. The predicted octanol–water partition coefficient (Wildman–Crippen LogP) is 5.24. The number of nitrogens with zero attached hydrogens (tertiary/aromatic N) is 2. The number of fused-ring (bicyclic) bond motifs is 1. The Hall–Kier alpha value is -3.25. The monoisotopic (exact) mass is 381 g/mol. The number of halogens is 2. The summed E-state index contributed by atoms with van der Waals surface area (Å²) in [4.78, 5) is 17.3. The van der Waals surface area contributed by atoms with Crippen molar-refractivity contribution in [1.82, 2.24) is 10.1 Å². The highest BCUT2D eigenvalue weighted by molar-refractivity contribution is 6.34. The SMILES string of the molecule is Cc1noc2nc(-c3ccccc3F)cc(C(=O)Nc3ccccc3Cl)c12. The number of carbonyl (C=O) groups is 1. The van der Waals surface area contributed by atoms with E-state index in [1.54, 1.807) is 49.4 Å². The molecule has 2 aromatic heterocycles. The van der Waals surface area contributed by atoms with Crippen molar-refractivity contribution in [2.45, 2.75) is 6.92 Å².